The van der Waals surface area contributed by atoms with Gasteiger partial charge in [0.25, 0.3) is 5.91 Å². The first-order chi connectivity index (χ1) is 13.3. The highest BCUT2D eigenvalue weighted by atomic mass is 35.5. The molecule has 5 N–H and O–H groups in total. The summed E-state index contributed by atoms with van der Waals surface area (Å²) in [7, 11) is 0. The largest absolute Gasteiger partial charge is 0.507 e. The number of nitrogens with two attached hydrogens (primary N) is 1. The zero-order valence-electron chi connectivity index (χ0n) is 14.1. The molecule has 4 rings (SSSR count). The lowest BCUT2D eigenvalue weighted by Crippen LogP contribution is -2.70. The smallest absolute Gasteiger partial charge is 0.353 e. The quantitative estimate of drug-likeness (QED) is 0.531. The Balaban J connectivity index is 1.53. The molecule has 2 amide bonds. The summed E-state index contributed by atoms with van der Waals surface area (Å²) in [6.45, 7) is 0. The fourth-order valence-corrected chi connectivity index (χ4v) is 5.80. The second-order valence-electron chi connectivity index (χ2n) is 6.27. The molecule has 1 unspecified atom stereocenters. The maximum atomic E-state index is 12.7. The number of amides is 2. The lowest BCUT2D eigenvalue weighted by molar-refractivity contribution is -0.150. The SMILES string of the molecule is NC(C(=O)N[C@@H]1C(=O)N2C(C(=O)O)=C(Cl)CS[C@@H]12)c1ccc(O)c2ccsc12. The summed E-state index contributed by atoms with van der Waals surface area (Å²) in [5.74, 6) is -2.05. The average molecular weight is 440 g/mol. The first-order valence-electron chi connectivity index (χ1n) is 8.13. The van der Waals surface area contributed by atoms with E-state index in [2.05, 4.69) is 5.32 Å². The molecule has 28 heavy (non-hydrogen) atoms. The van der Waals surface area contributed by atoms with E-state index in [1.165, 1.54) is 29.2 Å². The van der Waals surface area contributed by atoms with Gasteiger partial charge in [0.2, 0.25) is 5.91 Å². The van der Waals surface area contributed by atoms with E-state index in [1.807, 2.05) is 0 Å². The normalized spacial score (nSPS) is 22.6. The summed E-state index contributed by atoms with van der Waals surface area (Å²) in [4.78, 5) is 37.6. The minimum Gasteiger partial charge on any atom is -0.507 e. The van der Waals surface area contributed by atoms with Gasteiger partial charge >= 0.3 is 5.97 Å². The molecular formula is C17H14ClN3O5S2. The Hall–Kier alpha value is -2.27. The van der Waals surface area contributed by atoms with E-state index in [9.17, 15) is 24.6 Å². The van der Waals surface area contributed by atoms with E-state index in [0.717, 1.165) is 4.90 Å². The van der Waals surface area contributed by atoms with Crippen molar-refractivity contribution in [3.63, 3.8) is 0 Å². The first kappa shape index (κ1) is 19.1. The Bertz CT molecular complexity index is 1050. The molecule has 0 saturated carbocycles. The second kappa shape index (κ2) is 6.96. The topological polar surface area (TPSA) is 133 Å². The number of carbonyl (C=O) groups excluding carboxylic acids is 2. The van der Waals surface area contributed by atoms with Gasteiger partial charge in [0.05, 0.1) is 5.03 Å². The number of hydrogen-bond acceptors (Lipinski definition) is 7. The Labute approximate surface area is 171 Å². The van der Waals surface area contributed by atoms with Gasteiger partial charge in [-0.05, 0) is 23.1 Å². The number of carbonyl (C=O) groups is 3. The summed E-state index contributed by atoms with van der Waals surface area (Å²) < 4.78 is 0.694. The number of aromatic hydroxyl groups is 1. The van der Waals surface area contributed by atoms with Crippen LogP contribution in [0.2, 0.25) is 0 Å². The molecule has 0 spiro atoms. The molecule has 2 aromatic rings. The van der Waals surface area contributed by atoms with Crippen molar-refractivity contribution in [2.75, 3.05) is 5.75 Å². The van der Waals surface area contributed by atoms with Gasteiger partial charge in [-0.1, -0.05) is 17.7 Å². The average Bonchev–Trinajstić information content (AvgIpc) is 3.16. The van der Waals surface area contributed by atoms with Crippen LogP contribution in [0.25, 0.3) is 10.1 Å². The number of phenols is 1. The van der Waals surface area contributed by atoms with Crippen molar-refractivity contribution in [3.8, 4) is 5.75 Å². The van der Waals surface area contributed by atoms with Gasteiger partial charge in [-0.3, -0.25) is 14.5 Å². The van der Waals surface area contributed by atoms with E-state index >= 15 is 0 Å². The number of carboxylic acid groups (broad SMARTS) is 1. The van der Waals surface area contributed by atoms with Crippen LogP contribution in [-0.2, 0) is 14.4 Å². The second-order valence-corrected chi connectivity index (χ2v) is 8.75. The number of benzene rings is 1. The highest BCUT2D eigenvalue weighted by Gasteiger charge is 2.54. The van der Waals surface area contributed by atoms with E-state index < -0.39 is 35.2 Å². The van der Waals surface area contributed by atoms with Gasteiger partial charge in [0, 0.05) is 15.8 Å². The number of aliphatic carboxylic acids is 1. The van der Waals surface area contributed by atoms with Gasteiger partial charge in [0.1, 0.15) is 28.9 Å². The van der Waals surface area contributed by atoms with E-state index in [-0.39, 0.29) is 22.2 Å². The molecule has 0 bridgehead atoms. The number of hydrogen-bond donors (Lipinski definition) is 4. The van der Waals surface area contributed by atoms with Gasteiger partial charge in [0.15, 0.2) is 0 Å². The molecule has 2 aliphatic heterocycles. The maximum Gasteiger partial charge on any atom is 0.353 e. The summed E-state index contributed by atoms with van der Waals surface area (Å²) in [5.41, 5.74) is 6.40. The van der Waals surface area contributed by atoms with Crippen LogP contribution in [0.5, 0.6) is 5.75 Å². The van der Waals surface area contributed by atoms with Crippen molar-refractivity contribution in [3.05, 3.63) is 39.9 Å². The van der Waals surface area contributed by atoms with Crippen LogP contribution < -0.4 is 11.1 Å². The lowest BCUT2D eigenvalue weighted by atomic mass is 10.0. The Kier molecular flexibility index (Phi) is 4.74. The third-order valence-corrected chi connectivity index (χ3v) is 7.38. The molecule has 1 aromatic heterocycles. The third kappa shape index (κ3) is 2.84. The van der Waals surface area contributed by atoms with Crippen molar-refractivity contribution in [1.29, 1.82) is 0 Å². The maximum absolute atomic E-state index is 12.7. The zero-order chi connectivity index (χ0) is 20.2. The Morgan fingerprint density at radius 1 is 1.36 bits per heavy atom. The highest BCUT2D eigenvalue weighted by Crippen LogP contribution is 2.41. The van der Waals surface area contributed by atoms with E-state index in [1.54, 1.807) is 17.5 Å². The van der Waals surface area contributed by atoms with Gasteiger partial charge in [-0.2, -0.15) is 0 Å². The third-order valence-electron chi connectivity index (χ3n) is 4.66. The minimum atomic E-state index is -1.28. The van der Waals surface area contributed by atoms with E-state index in [4.69, 9.17) is 17.3 Å². The number of nitrogens with zero attached hydrogens (tertiary/aromatic N) is 1. The number of carboxylic acids is 1. The van der Waals surface area contributed by atoms with Crippen LogP contribution >= 0.6 is 34.7 Å². The van der Waals surface area contributed by atoms with Crippen LogP contribution in [0.15, 0.2) is 34.3 Å². The number of nitrogens with one attached hydrogen (secondary N) is 1. The standard InChI is InChI=1S/C17H14ClN3O5S2/c18-8-5-28-16-11(15(24)21(16)12(8)17(25)26)20-14(23)10(19)7-1-2-9(22)6-3-4-27-13(6)7/h1-4,10-11,16,22H,5,19H2,(H,20,23)(H,25,26)/t10?,11-,16+/m1/s1. The van der Waals surface area contributed by atoms with Crippen molar-refractivity contribution in [2.24, 2.45) is 5.73 Å². The molecule has 1 aromatic carbocycles. The number of phenolic OH excluding ortho intramolecular Hbond substituents is 1. The summed E-state index contributed by atoms with van der Waals surface area (Å²) in [6, 6.07) is 2.86. The monoisotopic (exact) mass is 439 g/mol. The van der Waals surface area contributed by atoms with Gasteiger partial charge in [-0.25, -0.2) is 4.79 Å². The van der Waals surface area contributed by atoms with Crippen LogP contribution in [-0.4, -0.2) is 50.1 Å². The van der Waals surface area contributed by atoms with Gasteiger partial charge in [-0.15, -0.1) is 23.1 Å². The summed E-state index contributed by atoms with van der Waals surface area (Å²) >= 11 is 8.56. The fraction of sp³-hybridized carbons (Fsp3) is 0.235. The molecule has 3 atom stereocenters. The van der Waals surface area contributed by atoms with E-state index in [0.29, 0.717) is 15.6 Å². The predicted molar refractivity (Wildman–Crippen MR) is 106 cm³/mol. The molecule has 146 valence electrons. The Morgan fingerprint density at radius 2 is 2.11 bits per heavy atom. The van der Waals surface area contributed by atoms with Crippen LogP contribution in [0.3, 0.4) is 0 Å². The lowest BCUT2D eigenvalue weighted by Gasteiger charge is -2.48. The molecule has 0 aliphatic carbocycles. The van der Waals surface area contributed by atoms with Crippen molar-refractivity contribution < 1.29 is 24.6 Å². The molecule has 8 nitrogen and oxygen atoms in total. The van der Waals surface area contributed by atoms with Gasteiger partial charge < -0.3 is 21.3 Å². The number of fused-ring (bicyclic) bond motifs is 2. The molecule has 11 heteroatoms. The molecule has 1 saturated heterocycles. The number of β-lactam (4-membered cyclic amide) rings is 1. The minimum absolute atomic E-state index is 0.0905. The number of thiophene rings is 1. The fourth-order valence-electron chi connectivity index (χ4n) is 3.28. The van der Waals surface area contributed by atoms with Crippen LogP contribution in [0, 0.1) is 0 Å². The molecule has 0 radical (unpaired) electrons. The molecule has 2 aliphatic rings. The van der Waals surface area contributed by atoms with Crippen LogP contribution in [0.4, 0.5) is 0 Å². The van der Waals surface area contributed by atoms with Crippen molar-refractivity contribution in [2.45, 2.75) is 17.5 Å². The Morgan fingerprint density at radius 3 is 2.82 bits per heavy atom. The first-order valence-corrected chi connectivity index (χ1v) is 10.4. The molecule has 3 heterocycles. The van der Waals surface area contributed by atoms with Crippen molar-refractivity contribution >= 4 is 62.6 Å². The van der Waals surface area contributed by atoms with Crippen molar-refractivity contribution in [1.82, 2.24) is 10.2 Å². The summed E-state index contributed by atoms with van der Waals surface area (Å²) in [6.07, 6.45) is 0. The van der Waals surface area contributed by atoms with Crippen LogP contribution in [0.1, 0.15) is 11.6 Å². The molecular weight excluding hydrogens is 426 g/mol. The number of thioether (sulfide) groups is 1. The number of rotatable bonds is 4. The number of halogens is 1. The summed E-state index contributed by atoms with van der Waals surface area (Å²) in [5, 5.41) is 23.7. The zero-order valence-corrected chi connectivity index (χ0v) is 16.5. The predicted octanol–water partition coefficient (Wildman–Crippen LogP) is 1.54. The highest BCUT2D eigenvalue weighted by molar-refractivity contribution is 8.00. The molecule has 1 fully saturated rings.